The molecule has 0 spiro atoms. The Morgan fingerprint density at radius 1 is 1.11 bits per heavy atom. The highest BCUT2D eigenvalue weighted by Crippen LogP contribution is 2.29. The van der Waals surface area contributed by atoms with Crippen molar-refractivity contribution in [2.24, 2.45) is 0 Å². The van der Waals surface area contributed by atoms with Crippen LogP contribution in [0.25, 0.3) is 0 Å². The van der Waals surface area contributed by atoms with Gasteiger partial charge in [-0.25, -0.2) is 4.79 Å². The molecule has 2 aromatic carbocycles. The Morgan fingerprint density at radius 3 is 2.37 bits per heavy atom. The molecule has 0 radical (unpaired) electrons. The van der Waals surface area contributed by atoms with E-state index in [-0.39, 0.29) is 12.5 Å². The molecule has 7 heteroatoms. The molecule has 0 aromatic heterocycles. The average molecular weight is 430 g/mol. The number of imide groups is 1. The predicted octanol–water partition coefficient (Wildman–Crippen LogP) is 2.84. The Hall–Kier alpha value is -2.67. The van der Waals surface area contributed by atoms with E-state index in [1.54, 1.807) is 31.2 Å². The van der Waals surface area contributed by atoms with Crippen LogP contribution in [-0.2, 0) is 21.7 Å². The third-order valence-electron chi connectivity index (χ3n) is 4.61. The Bertz CT molecular complexity index is 880. The number of aryl methyl sites for hydroxylation is 1. The SMILES string of the molecule is Cc1ccc(CNC(=O)CN2C(=O)N[C@](C)(c3ccc(Br)cc3)C2=O)cc1. The van der Waals surface area contributed by atoms with Crippen molar-refractivity contribution < 1.29 is 14.4 Å². The van der Waals surface area contributed by atoms with Gasteiger partial charge in [0.2, 0.25) is 5.91 Å². The summed E-state index contributed by atoms with van der Waals surface area (Å²) >= 11 is 3.35. The van der Waals surface area contributed by atoms with Crippen LogP contribution >= 0.6 is 15.9 Å². The predicted molar refractivity (Wildman–Crippen MR) is 105 cm³/mol. The number of hydrogen-bond acceptors (Lipinski definition) is 3. The van der Waals surface area contributed by atoms with Gasteiger partial charge in [0.25, 0.3) is 5.91 Å². The fourth-order valence-electron chi connectivity index (χ4n) is 2.93. The molecule has 1 aliphatic heterocycles. The molecule has 0 saturated carbocycles. The second-order valence-corrected chi connectivity index (χ2v) is 7.63. The average Bonchev–Trinajstić information content (AvgIpc) is 2.86. The smallest absolute Gasteiger partial charge is 0.325 e. The third-order valence-corrected chi connectivity index (χ3v) is 5.14. The largest absolute Gasteiger partial charge is 0.350 e. The van der Waals surface area contributed by atoms with Gasteiger partial charge in [0, 0.05) is 11.0 Å². The van der Waals surface area contributed by atoms with Crippen LogP contribution in [-0.4, -0.2) is 29.3 Å². The summed E-state index contributed by atoms with van der Waals surface area (Å²) in [6.45, 7) is 3.65. The third kappa shape index (κ3) is 4.03. The first kappa shape index (κ1) is 19.1. The fourth-order valence-corrected chi connectivity index (χ4v) is 3.19. The van der Waals surface area contributed by atoms with Crippen LogP contribution in [0.3, 0.4) is 0 Å². The number of carbonyl (C=O) groups is 3. The zero-order chi connectivity index (χ0) is 19.6. The van der Waals surface area contributed by atoms with Gasteiger partial charge in [-0.1, -0.05) is 57.9 Å². The van der Waals surface area contributed by atoms with E-state index in [9.17, 15) is 14.4 Å². The van der Waals surface area contributed by atoms with E-state index in [0.717, 1.165) is 20.5 Å². The lowest BCUT2D eigenvalue weighted by atomic mass is 9.92. The zero-order valence-corrected chi connectivity index (χ0v) is 16.7. The monoisotopic (exact) mass is 429 g/mol. The molecule has 1 aliphatic rings. The zero-order valence-electron chi connectivity index (χ0n) is 15.1. The van der Waals surface area contributed by atoms with E-state index in [1.165, 1.54) is 0 Å². The molecule has 0 bridgehead atoms. The van der Waals surface area contributed by atoms with Crippen LogP contribution < -0.4 is 10.6 Å². The highest BCUT2D eigenvalue weighted by Gasteiger charge is 2.49. The van der Waals surface area contributed by atoms with Crippen LogP contribution in [0.2, 0.25) is 0 Å². The van der Waals surface area contributed by atoms with Crippen molar-refractivity contribution in [3.63, 3.8) is 0 Å². The standard InChI is InChI=1S/C20H20BrN3O3/c1-13-3-5-14(6-4-13)11-22-17(25)12-24-18(26)20(2,23-19(24)27)15-7-9-16(21)10-8-15/h3-10H,11-12H2,1-2H3,(H,22,25)(H,23,27)/t20-/m1/s1. The Balaban J connectivity index is 1.65. The van der Waals surface area contributed by atoms with Crippen LogP contribution in [0.15, 0.2) is 53.0 Å². The van der Waals surface area contributed by atoms with Crippen molar-refractivity contribution in [2.75, 3.05) is 6.54 Å². The minimum atomic E-state index is -1.19. The van der Waals surface area contributed by atoms with Gasteiger partial charge in [0.05, 0.1) is 0 Å². The maximum Gasteiger partial charge on any atom is 0.325 e. The lowest BCUT2D eigenvalue weighted by Gasteiger charge is -2.22. The number of hydrogen-bond donors (Lipinski definition) is 2. The van der Waals surface area contributed by atoms with Gasteiger partial charge in [0.15, 0.2) is 0 Å². The lowest BCUT2D eigenvalue weighted by Crippen LogP contribution is -2.43. The van der Waals surface area contributed by atoms with Gasteiger partial charge in [-0.05, 0) is 37.1 Å². The Morgan fingerprint density at radius 2 is 1.74 bits per heavy atom. The lowest BCUT2D eigenvalue weighted by molar-refractivity contribution is -0.134. The van der Waals surface area contributed by atoms with Crippen molar-refractivity contribution in [1.82, 2.24) is 15.5 Å². The van der Waals surface area contributed by atoms with Crippen LogP contribution in [0.5, 0.6) is 0 Å². The van der Waals surface area contributed by atoms with Gasteiger partial charge >= 0.3 is 6.03 Å². The van der Waals surface area contributed by atoms with Crippen LogP contribution in [0.1, 0.15) is 23.6 Å². The topological polar surface area (TPSA) is 78.5 Å². The van der Waals surface area contributed by atoms with Crippen molar-refractivity contribution in [2.45, 2.75) is 25.9 Å². The normalized spacial score (nSPS) is 19.1. The minimum absolute atomic E-state index is 0.317. The van der Waals surface area contributed by atoms with Crippen molar-refractivity contribution in [1.29, 1.82) is 0 Å². The Kier molecular flexibility index (Phi) is 5.32. The van der Waals surface area contributed by atoms with Gasteiger partial charge in [-0.15, -0.1) is 0 Å². The summed E-state index contributed by atoms with van der Waals surface area (Å²) in [5.41, 5.74) is 1.56. The van der Waals surface area contributed by atoms with Gasteiger partial charge in [0.1, 0.15) is 12.1 Å². The maximum absolute atomic E-state index is 12.8. The maximum atomic E-state index is 12.8. The molecule has 2 N–H and O–H groups in total. The summed E-state index contributed by atoms with van der Waals surface area (Å²) in [4.78, 5) is 38.3. The molecule has 1 heterocycles. The number of nitrogens with one attached hydrogen (secondary N) is 2. The number of halogens is 1. The molecule has 1 fully saturated rings. The van der Waals surface area contributed by atoms with Crippen molar-refractivity contribution in [3.8, 4) is 0 Å². The molecule has 1 saturated heterocycles. The molecule has 4 amide bonds. The van der Waals surface area contributed by atoms with E-state index < -0.39 is 17.5 Å². The number of carbonyl (C=O) groups excluding carboxylic acids is 3. The van der Waals surface area contributed by atoms with E-state index in [1.807, 2.05) is 31.2 Å². The quantitative estimate of drug-likeness (QED) is 0.717. The second-order valence-electron chi connectivity index (χ2n) is 6.72. The van der Waals surface area contributed by atoms with Crippen LogP contribution in [0.4, 0.5) is 4.79 Å². The Labute approximate surface area is 166 Å². The number of amides is 4. The first-order chi connectivity index (χ1) is 12.8. The first-order valence-corrected chi connectivity index (χ1v) is 9.31. The summed E-state index contributed by atoms with van der Waals surface area (Å²) in [5, 5.41) is 5.44. The summed E-state index contributed by atoms with van der Waals surface area (Å²) in [6.07, 6.45) is 0. The number of benzene rings is 2. The molecule has 2 aromatic rings. The summed E-state index contributed by atoms with van der Waals surface area (Å²) in [6, 6.07) is 14.3. The van der Waals surface area contributed by atoms with E-state index in [2.05, 4.69) is 26.6 Å². The van der Waals surface area contributed by atoms with E-state index >= 15 is 0 Å². The number of nitrogens with zero attached hydrogens (tertiary/aromatic N) is 1. The van der Waals surface area contributed by atoms with Crippen molar-refractivity contribution >= 4 is 33.8 Å². The van der Waals surface area contributed by atoms with Crippen molar-refractivity contribution in [3.05, 3.63) is 69.7 Å². The van der Waals surface area contributed by atoms with Gasteiger partial charge in [-0.3, -0.25) is 14.5 Å². The second kappa shape index (κ2) is 7.52. The van der Waals surface area contributed by atoms with Gasteiger partial charge in [-0.2, -0.15) is 0 Å². The van der Waals surface area contributed by atoms with E-state index in [4.69, 9.17) is 0 Å². The van der Waals surface area contributed by atoms with Gasteiger partial charge < -0.3 is 10.6 Å². The molecule has 1 atom stereocenters. The summed E-state index contributed by atoms with van der Waals surface area (Å²) in [5.74, 6) is -0.834. The molecular formula is C20H20BrN3O3. The highest BCUT2D eigenvalue weighted by molar-refractivity contribution is 9.10. The molecule has 140 valence electrons. The van der Waals surface area contributed by atoms with Crippen LogP contribution in [0, 0.1) is 6.92 Å². The molecule has 6 nitrogen and oxygen atoms in total. The molecular weight excluding hydrogens is 410 g/mol. The molecule has 27 heavy (non-hydrogen) atoms. The first-order valence-electron chi connectivity index (χ1n) is 8.52. The fraction of sp³-hybridized carbons (Fsp3) is 0.250. The van der Waals surface area contributed by atoms with E-state index in [0.29, 0.717) is 12.1 Å². The molecule has 0 unspecified atom stereocenters. The molecule has 3 rings (SSSR count). The minimum Gasteiger partial charge on any atom is -0.350 e. The number of rotatable bonds is 5. The number of urea groups is 1. The summed E-state index contributed by atoms with van der Waals surface area (Å²) < 4.78 is 0.874. The molecule has 0 aliphatic carbocycles. The highest BCUT2D eigenvalue weighted by atomic mass is 79.9. The summed E-state index contributed by atoms with van der Waals surface area (Å²) in [7, 11) is 0.